The number of esters is 1. The second kappa shape index (κ2) is 28.1. The lowest BCUT2D eigenvalue weighted by Crippen LogP contribution is -2.10. The average molecular weight is 427 g/mol. The third-order valence-electron chi connectivity index (χ3n) is 5.28. The van der Waals surface area contributed by atoms with Gasteiger partial charge >= 0.3 is 5.97 Å². The Balaban J connectivity index is 0. The molecule has 0 amide bonds. The Morgan fingerprint density at radius 1 is 0.633 bits per heavy atom. The molecule has 0 aromatic rings. The predicted molar refractivity (Wildman–Crippen MR) is 131 cm³/mol. The van der Waals surface area contributed by atoms with Gasteiger partial charge in [0.05, 0.1) is 6.10 Å². The first-order chi connectivity index (χ1) is 14.6. The minimum Gasteiger partial charge on any atom is -0.463 e. The molecule has 0 bridgehead atoms. The zero-order chi connectivity index (χ0) is 22.7. The third-order valence-corrected chi connectivity index (χ3v) is 5.28. The van der Waals surface area contributed by atoms with E-state index >= 15 is 0 Å². The van der Waals surface area contributed by atoms with E-state index in [0.717, 1.165) is 25.5 Å². The summed E-state index contributed by atoms with van der Waals surface area (Å²) in [7, 11) is 0. The van der Waals surface area contributed by atoms with E-state index in [-0.39, 0.29) is 12.1 Å². The van der Waals surface area contributed by atoms with Crippen LogP contribution in [0.25, 0.3) is 0 Å². The molecule has 3 heteroatoms. The number of hydrogen-bond acceptors (Lipinski definition) is 3. The smallest absolute Gasteiger partial charge is 0.306 e. The van der Waals surface area contributed by atoms with E-state index in [1.165, 1.54) is 103 Å². The highest BCUT2D eigenvalue weighted by Gasteiger charge is 2.04. The van der Waals surface area contributed by atoms with E-state index in [4.69, 9.17) is 4.74 Å². The second-order valence-electron chi connectivity index (χ2n) is 8.90. The maximum atomic E-state index is 11.3. The maximum absolute atomic E-state index is 11.3. The summed E-state index contributed by atoms with van der Waals surface area (Å²) < 4.78 is 5.10. The van der Waals surface area contributed by atoms with Gasteiger partial charge in [0.15, 0.2) is 0 Å². The Hall–Kier alpha value is -0.860. The van der Waals surface area contributed by atoms with Crippen LogP contribution in [0.2, 0.25) is 0 Å². The molecule has 0 rings (SSSR count). The van der Waals surface area contributed by atoms with Crippen molar-refractivity contribution in [2.45, 2.75) is 162 Å². The van der Waals surface area contributed by atoms with Crippen LogP contribution < -0.4 is 0 Å². The number of hydrogen-bond donors (Lipinski definition) is 0. The Labute approximate surface area is 189 Å². The van der Waals surface area contributed by atoms with Crippen molar-refractivity contribution >= 4 is 12.3 Å². The molecule has 0 radical (unpaired) electrons. The number of unbranched alkanes of at least 4 members (excludes halogenated alkanes) is 17. The normalized spacial score (nSPS) is 10.6. The van der Waals surface area contributed by atoms with Crippen molar-refractivity contribution in [1.29, 1.82) is 0 Å². The van der Waals surface area contributed by atoms with Crippen LogP contribution in [0.1, 0.15) is 156 Å². The quantitative estimate of drug-likeness (QED) is 0.104. The number of carbonyl (C=O) groups is 2. The van der Waals surface area contributed by atoms with Gasteiger partial charge in [-0.3, -0.25) is 4.79 Å². The van der Waals surface area contributed by atoms with E-state index in [9.17, 15) is 9.59 Å². The van der Waals surface area contributed by atoms with E-state index in [1.807, 2.05) is 13.8 Å². The molecule has 0 fully saturated rings. The van der Waals surface area contributed by atoms with Crippen LogP contribution in [0.5, 0.6) is 0 Å². The lowest BCUT2D eigenvalue weighted by Gasteiger charge is -2.07. The highest BCUT2D eigenvalue weighted by atomic mass is 16.5. The van der Waals surface area contributed by atoms with E-state index in [1.54, 1.807) is 0 Å². The van der Waals surface area contributed by atoms with Crippen LogP contribution >= 0.6 is 0 Å². The SMILES string of the molecule is CCCCCCCCCC=O.CCCCCCCCCCCCCC(=O)OC(C)C. The molecule has 0 atom stereocenters. The van der Waals surface area contributed by atoms with Gasteiger partial charge in [-0.1, -0.05) is 117 Å². The molecule has 0 aliphatic carbocycles. The second-order valence-corrected chi connectivity index (χ2v) is 8.90. The molecule has 0 unspecified atom stereocenters. The lowest BCUT2D eigenvalue weighted by atomic mass is 10.1. The molecule has 0 heterocycles. The molecule has 0 saturated heterocycles. The fourth-order valence-electron chi connectivity index (χ4n) is 3.44. The average Bonchev–Trinajstić information content (AvgIpc) is 2.71. The summed E-state index contributed by atoms with van der Waals surface area (Å²) in [5.41, 5.74) is 0. The molecular weight excluding hydrogens is 372 g/mol. The molecule has 0 aliphatic heterocycles. The first-order valence-electron chi connectivity index (χ1n) is 13.2. The van der Waals surface area contributed by atoms with Crippen molar-refractivity contribution in [1.82, 2.24) is 0 Å². The molecule has 0 aromatic carbocycles. The van der Waals surface area contributed by atoms with Gasteiger partial charge in [0.2, 0.25) is 0 Å². The summed E-state index contributed by atoms with van der Waals surface area (Å²) in [5, 5.41) is 0. The molecule has 0 spiro atoms. The summed E-state index contributed by atoms with van der Waals surface area (Å²) >= 11 is 0. The number of rotatable bonds is 21. The zero-order valence-corrected chi connectivity index (χ0v) is 21.0. The number of aldehydes is 1. The largest absolute Gasteiger partial charge is 0.463 e. The summed E-state index contributed by atoms with van der Waals surface area (Å²) in [6, 6.07) is 0. The van der Waals surface area contributed by atoms with E-state index in [2.05, 4.69) is 13.8 Å². The summed E-state index contributed by atoms with van der Waals surface area (Å²) in [4.78, 5) is 21.2. The third kappa shape index (κ3) is 31.8. The molecular formula is C27H54O3. The van der Waals surface area contributed by atoms with Gasteiger partial charge in [-0.25, -0.2) is 0 Å². The molecule has 30 heavy (non-hydrogen) atoms. The number of ether oxygens (including phenoxy) is 1. The monoisotopic (exact) mass is 426 g/mol. The predicted octanol–water partition coefficient (Wildman–Crippen LogP) is 8.97. The first-order valence-corrected chi connectivity index (χ1v) is 13.2. The molecule has 0 N–H and O–H groups in total. The summed E-state index contributed by atoms with van der Waals surface area (Å²) in [6.45, 7) is 8.29. The summed E-state index contributed by atoms with van der Waals surface area (Å²) in [6.07, 6.45) is 25.9. The van der Waals surface area contributed by atoms with Gasteiger partial charge in [0, 0.05) is 12.8 Å². The standard InChI is InChI=1S/C17H34O2.C10H20O/c1-4-5-6-7-8-9-10-11-12-13-14-15-17(18)19-16(2)3;1-2-3-4-5-6-7-8-9-10-11/h16H,4-15H2,1-3H3;10H,2-9H2,1H3. The van der Waals surface area contributed by atoms with Gasteiger partial charge in [0.1, 0.15) is 6.29 Å². The zero-order valence-electron chi connectivity index (χ0n) is 21.0. The van der Waals surface area contributed by atoms with Crippen LogP contribution in [0.15, 0.2) is 0 Å². The molecule has 0 aliphatic rings. The summed E-state index contributed by atoms with van der Waals surface area (Å²) in [5.74, 6) is -0.0362. The van der Waals surface area contributed by atoms with Crippen molar-refractivity contribution in [3.05, 3.63) is 0 Å². The fourth-order valence-corrected chi connectivity index (χ4v) is 3.44. The Morgan fingerprint density at radius 3 is 1.37 bits per heavy atom. The minimum absolute atomic E-state index is 0.0280. The maximum Gasteiger partial charge on any atom is 0.306 e. The van der Waals surface area contributed by atoms with Crippen molar-refractivity contribution in [2.24, 2.45) is 0 Å². The highest BCUT2D eigenvalue weighted by molar-refractivity contribution is 5.69. The highest BCUT2D eigenvalue weighted by Crippen LogP contribution is 2.12. The van der Waals surface area contributed by atoms with Crippen LogP contribution in [0.4, 0.5) is 0 Å². The lowest BCUT2D eigenvalue weighted by molar-refractivity contribution is -0.147. The van der Waals surface area contributed by atoms with Gasteiger partial charge < -0.3 is 9.53 Å². The topological polar surface area (TPSA) is 43.4 Å². The van der Waals surface area contributed by atoms with Crippen LogP contribution in [-0.4, -0.2) is 18.4 Å². The van der Waals surface area contributed by atoms with Crippen LogP contribution in [0, 0.1) is 0 Å². The number of carbonyl (C=O) groups excluding carboxylic acids is 2. The Morgan fingerprint density at radius 2 is 1.00 bits per heavy atom. The minimum atomic E-state index is -0.0362. The Bertz CT molecular complexity index is 339. The molecule has 3 nitrogen and oxygen atoms in total. The van der Waals surface area contributed by atoms with E-state index < -0.39 is 0 Å². The molecule has 0 saturated carbocycles. The Kier molecular flexibility index (Phi) is 29.4. The fraction of sp³-hybridized carbons (Fsp3) is 0.926. The van der Waals surface area contributed by atoms with Crippen molar-refractivity contribution in [2.75, 3.05) is 0 Å². The first kappa shape index (κ1) is 31.3. The van der Waals surface area contributed by atoms with Gasteiger partial charge in [-0.2, -0.15) is 0 Å². The molecule has 180 valence electrons. The van der Waals surface area contributed by atoms with Crippen LogP contribution in [-0.2, 0) is 14.3 Å². The van der Waals surface area contributed by atoms with Crippen LogP contribution in [0.3, 0.4) is 0 Å². The molecule has 0 aromatic heterocycles. The van der Waals surface area contributed by atoms with Crippen molar-refractivity contribution in [3.8, 4) is 0 Å². The van der Waals surface area contributed by atoms with Gasteiger partial charge in [0.25, 0.3) is 0 Å². The van der Waals surface area contributed by atoms with Gasteiger partial charge in [-0.15, -0.1) is 0 Å². The van der Waals surface area contributed by atoms with Gasteiger partial charge in [-0.05, 0) is 26.7 Å². The van der Waals surface area contributed by atoms with E-state index in [0.29, 0.717) is 6.42 Å². The van der Waals surface area contributed by atoms with Crippen molar-refractivity contribution < 1.29 is 14.3 Å². The van der Waals surface area contributed by atoms with Crippen molar-refractivity contribution in [3.63, 3.8) is 0 Å².